The molecule has 3 aromatic rings. The van der Waals surface area contributed by atoms with Crippen LogP contribution in [0.25, 0.3) is 0 Å². The maximum Gasteiger partial charge on any atom is 0.119 e. The second-order valence-corrected chi connectivity index (χ2v) is 6.54. The van der Waals surface area contributed by atoms with Crippen molar-refractivity contribution in [3.63, 3.8) is 0 Å². The minimum Gasteiger partial charge on any atom is -0.494 e. The summed E-state index contributed by atoms with van der Waals surface area (Å²) in [7, 11) is 0. The van der Waals surface area contributed by atoms with Gasteiger partial charge >= 0.3 is 0 Å². The molecule has 0 aromatic heterocycles. The molecule has 0 aliphatic carbocycles. The van der Waals surface area contributed by atoms with Crippen LogP contribution in [0, 0.1) is 0 Å². The highest BCUT2D eigenvalue weighted by atomic mass is 16.5. The highest BCUT2D eigenvalue weighted by Crippen LogP contribution is 2.15. The summed E-state index contributed by atoms with van der Waals surface area (Å²) in [5, 5.41) is 3.75. The highest BCUT2D eigenvalue weighted by molar-refractivity contribution is 5.28. The van der Waals surface area contributed by atoms with Gasteiger partial charge in [-0.1, -0.05) is 72.8 Å². The largest absolute Gasteiger partial charge is 0.494 e. The number of benzene rings is 3. The Morgan fingerprint density at radius 1 is 0.731 bits per heavy atom. The molecule has 0 spiro atoms. The van der Waals surface area contributed by atoms with Gasteiger partial charge in [-0.3, -0.25) is 0 Å². The van der Waals surface area contributed by atoms with Gasteiger partial charge < -0.3 is 10.1 Å². The van der Waals surface area contributed by atoms with Gasteiger partial charge in [-0.05, 0) is 48.6 Å². The van der Waals surface area contributed by atoms with Crippen LogP contribution in [0.5, 0.6) is 5.75 Å². The molecule has 0 aliphatic rings. The molecule has 26 heavy (non-hydrogen) atoms. The Morgan fingerprint density at radius 3 is 1.88 bits per heavy atom. The molecule has 0 aliphatic heterocycles. The zero-order valence-electron chi connectivity index (χ0n) is 15.4. The van der Waals surface area contributed by atoms with Gasteiger partial charge in [0.15, 0.2) is 0 Å². The monoisotopic (exact) mass is 345 g/mol. The van der Waals surface area contributed by atoms with E-state index in [1.165, 1.54) is 16.7 Å². The minimum absolute atomic E-state index is 0.385. The maximum absolute atomic E-state index is 5.62. The van der Waals surface area contributed by atoms with Crippen molar-refractivity contribution in [2.24, 2.45) is 0 Å². The van der Waals surface area contributed by atoms with Crippen molar-refractivity contribution < 1.29 is 4.74 Å². The number of hydrogen-bond acceptors (Lipinski definition) is 2. The first-order valence-corrected chi connectivity index (χ1v) is 9.36. The van der Waals surface area contributed by atoms with E-state index in [0.29, 0.717) is 12.6 Å². The van der Waals surface area contributed by atoms with Crippen LogP contribution in [0.15, 0.2) is 84.9 Å². The van der Waals surface area contributed by atoms with Crippen molar-refractivity contribution in [3.8, 4) is 5.75 Å². The molecule has 0 atom stereocenters. The summed E-state index contributed by atoms with van der Waals surface area (Å²) in [6.07, 6.45) is 2.03. The van der Waals surface area contributed by atoms with Gasteiger partial charge in [-0.15, -0.1) is 0 Å². The Hall–Kier alpha value is -2.58. The molecule has 3 aromatic carbocycles. The lowest BCUT2D eigenvalue weighted by atomic mass is 9.98. The summed E-state index contributed by atoms with van der Waals surface area (Å²) in [6, 6.07) is 30.1. The number of nitrogens with one attached hydrogen (secondary N) is 1. The number of ether oxygens (including phenoxy) is 1. The Morgan fingerprint density at radius 2 is 1.31 bits per heavy atom. The van der Waals surface area contributed by atoms with E-state index in [2.05, 4.69) is 84.2 Å². The van der Waals surface area contributed by atoms with Gasteiger partial charge in [0.2, 0.25) is 0 Å². The lowest BCUT2D eigenvalue weighted by Crippen LogP contribution is -2.32. The van der Waals surface area contributed by atoms with Crippen molar-refractivity contribution in [1.82, 2.24) is 5.32 Å². The molecule has 0 amide bonds. The Balaban J connectivity index is 1.67. The first-order chi connectivity index (χ1) is 12.8. The van der Waals surface area contributed by atoms with Crippen LogP contribution in [0.2, 0.25) is 0 Å². The number of rotatable bonds is 9. The molecule has 0 saturated heterocycles. The second-order valence-electron chi connectivity index (χ2n) is 6.54. The summed E-state index contributed by atoms with van der Waals surface area (Å²) in [4.78, 5) is 0. The predicted molar refractivity (Wildman–Crippen MR) is 109 cm³/mol. The standard InChI is InChI=1S/C24H27NO/c1-2-26-24-15-9-14-22(18-24)19-25-23(16-20-10-5-3-6-11-20)17-21-12-7-4-8-13-21/h3-15,18,23,25H,2,16-17,19H2,1H3. The molecule has 0 bridgehead atoms. The van der Waals surface area contributed by atoms with E-state index in [9.17, 15) is 0 Å². The highest BCUT2D eigenvalue weighted by Gasteiger charge is 2.11. The van der Waals surface area contributed by atoms with Crippen LogP contribution in [0.1, 0.15) is 23.6 Å². The molecule has 0 fully saturated rings. The Kier molecular flexibility index (Phi) is 6.86. The predicted octanol–water partition coefficient (Wildman–Crippen LogP) is 5.03. The summed E-state index contributed by atoms with van der Waals surface area (Å²) < 4.78 is 5.62. The summed E-state index contributed by atoms with van der Waals surface area (Å²) >= 11 is 0. The summed E-state index contributed by atoms with van der Waals surface area (Å²) in [6.45, 7) is 3.55. The number of hydrogen-bond donors (Lipinski definition) is 1. The average molecular weight is 345 g/mol. The van der Waals surface area contributed by atoms with Gasteiger partial charge in [0.25, 0.3) is 0 Å². The third-order valence-electron chi connectivity index (χ3n) is 4.45. The summed E-state index contributed by atoms with van der Waals surface area (Å²) in [5.74, 6) is 0.939. The molecule has 0 unspecified atom stereocenters. The van der Waals surface area contributed by atoms with Crippen molar-refractivity contribution in [1.29, 1.82) is 0 Å². The fourth-order valence-corrected chi connectivity index (χ4v) is 3.19. The fraction of sp³-hybridized carbons (Fsp3) is 0.250. The average Bonchev–Trinajstić information content (AvgIpc) is 2.68. The van der Waals surface area contributed by atoms with Crippen LogP contribution in [-0.4, -0.2) is 12.6 Å². The Bertz CT molecular complexity index is 729. The van der Waals surface area contributed by atoms with E-state index in [1.54, 1.807) is 0 Å². The van der Waals surface area contributed by atoms with Crippen LogP contribution < -0.4 is 10.1 Å². The third kappa shape index (κ3) is 5.75. The molecule has 0 heterocycles. The molecule has 1 N–H and O–H groups in total. The third-order valence-corrected chi connectivity index (χ3v) is 4.45. The van der Waals surface area contributed by atoms with E-state index < -0.39 is 0 Å². The van der Waals surface area contributed by atoms with E-state index in [4.69, 9.17) is 4.74 Å². The van der Waals surface area contributed by atoms with Crippen molar-refractivity contribution in [3.05, 3.63) is 102 Å². The van der Waals surface area contributed by atoms with Gasteiger partial charge in [-0.2, -0.15) is 0 Å². The smallest absolute Gasteiger partial charge is 0.119 e. The topological polar surface area (TPSA) is 21.3 Å². The molecule has 2 heteroatoms. The molecule has 0 saturated carbocycles. The molecular weight excluding hydrogens is 318 g/mol. The zero-order chi connectivity index (χ0) is 18.0. The lowest BCUT2D eigenvalue weighted by molar-refractivity contribution is 0.339. The SMILES string of the molecule is CCOc1cccc(CNC(Cc2ccccc2)Cc2ccccc2)c1. The zero-order valence-corrected chi connectivity index (χ0v) is 15.4. The van der Waals surface area contributed by atoms with Gasteiger partial charge in [-0.25, -0.2) is 0 Å². The van der Waals surface area contributed by atoms with Gasteiger partial charge in [0.05, 0.1) is 6.61 Å². The van der Waals surface area contributed by atoms with E-state index in [1.807, 2.05) is 13.0 Å². The summed E-state index contributed by atoms with van der Waals surface area (Å²) in [5.41, 5.74) is 3.98. The van der Waals surface area contributed by atoms with Crippen LogP contribution in [0.4, 0.5) is 0 Å². The quantitative estimate of drug-likeness (QED) is 0.587. The fourth-order valence-electron chi connectivity index (χ4n) is 3.19. The first kappa shape index (κ1) is 18.2. The molecule has 2 nitrogen and oxygen atoms in total. The molecule has 0 radical (unpaired) electrons. The van der Waals surface area contributed by atoms with Gasteiger partial charge in [0, 0.05) is 12.6 Å². The van der Waals surface area contributed by atoms with E-state index in [0.717, 1.165) is 25.1 Å². The van der Waals surface area contributed by atoms with Crippen molar-refractivity contribution in [2.45, 2.75) is 32.4 Å². The maximum atomic E-state index is 5.62. The van der Waals surface area contributed by atoms with Crippen LogP contribution in [-0.2, 0) is 19.4 Å². The molecule has 134 valence electrons. The van der Waals surface area contributed by atoms with E-state index in [-0.39, 0.29) is 0 Å². The lowest BCUT2D eigenvalue weighted by Gasteiger charge is -2.20. The van der Waals surface area contributed by atoms with Crippen LogP contribution >= 0.6 is 0 Å². The van der Waals surface area contributed by atoms with Crippen LogP contribution in [0.3, 0.4) is 0 Å². The first-order valence-electron chi connectivity index (χ1n) is 9.36. The van der Waals surface area contributed by atoms with Crippen molar-refractivity contribution >= 4 is 0 Å². The van der Waals surface area contributed by atoms with Gasteiger partial charge in [0.1, 0.15) is 5.75 Å². The van der Waals surface area contributed by atoms with E-state index >= 15 is 0 Å². The normalized spacial score (nSPS) is 10.8. The Labute approximate surface area is 156 Å². The van der Waals surface area contributed by atoms with Crippen molar-refractivity contribution in [2.75, 3.05) is 6.61 Å². The molecular formula is C24H27NO. The second kappa shape index (κ2) is 9.79. The minimum atomic E-state index is 0.385. The molecule has 3 rings (SSSR count).